The third-order valence-electron chi connectivity index (χ3n) is 3.06. The smallest absolute Gasteiger partial charge is 0.339 e. The summed E-state index contributed by atoms with van der Waals surface area (Å²) >= 11 is 5.93. The fourth-order valence-corrected chi connectivity index (χ4v) is 2.15. The van der Waals surface area contributed by atoms with Crippen LogP contribution in [0.2, 0.25) is 5.02 Å². The molecule has 2 rings (SSSR count). The zero-order valence-electron chi connectivity index (χ0n) is 12.2. The van der Waals surface area contributed by atoms with E-state index >= 15 is 0 Å². The molecular formula is C16H15ClN2O3. The molecule has 0 bridgehead atoms. The molecular weight excluding hydrogens is 304 g/mol. The number of hydrogen-bond donors (Lipinski definition) is 0. The van der Waals surface area contributed by atoms with Gasteiger partial charge in [0.1, 0.15) is 5.69 Å². The van der Waals surface area contributed by atoms with Crippen LogP contribution in [0.3, 0.4) is 0 Å². The number of carbonyl (C=O) groups excluding carboxylic acids is 2. The predicted molar refractivity (Wildman–Crippen MR) is 82.8 cm³/mol. The molecule has 0 saturated carbocycles. The van der Waals surface area contributed by atoms with Crippen molar-refractivity contribution in [3.8, 4) is 0 Å². The number of pyridine rings is 1. The Balaban J connectivity index is 2.08. The molecule has 0 N–H and O–H groups in total. The van der Waals surface area contributed by atoms with Gasteiger partial charge in [-0.1, -0.05) is 23.7 Å². The summed E-state index contributed by atoms with van der Waals surface area (Å²) in [4.78, 5) is 29.2. The predicted octanol–water partition coefficient (Wildman–Crippen LogP) is 2.79. The molecule has 1 heterocycles. The van der Waals surface area contributed by atoms with Gasteiger partial charge in [0.25, 0.3) is 5.91 Å². The van der Waals surface area contributed by atoms with Gasteiger partial charge in [-0.3, -0.25) is 9.78 Å². The number of ether oxygens (including phenoxy) is 1. The summed E-state index contributed by atoms with van der Waals surface area (Å²) in [7, 11) is 2.97. The molecule has 0 spiro atoms. The van der Waals surface area contributed by atoms with Gasteiger partial charge in [-0.2, -0.15) is 0 Å². The fraction of sp³-hybridized carbons (Fsp3) is 0.188. The topological polar surface area (TPSA) is 59.5 Å². The van der Waals surface area contributed by atoms with Crippen LogP contribution in [-0.2, 0) is 11.3 Å². The van der Waals surface area contributed by atoms with Crippen molar-refractivity contribution in [2.45, 2.75) is 6.54 Å². The van der Waals surface area contributed by atoms with Gasteiger partial charge < -0.3 is 9.64 Å². The average molecular weight is 319 g/mol. The molecule has 6 heteroatoms. The van der Waals surface area contributed by atoms with Gasteiger partial charge in [-0.25, -0.2) is 4.79 Å². The molecule has 5 nitrogen and oxygen atoms in total. The van der Waals surface area contributed by atoms with Crippen molar-refractivity contribution in [3.05, 3.63) is 64.4 Å². The van der Waals surface area contributed by atoms with Crippen LogP contribution < -0.4 is 0 Å². The Bertz CT molecular complexity index is 686. The number of amides is 1. The highest BCUT2D eigenvalue weighted by atomic mass is 35.5. The van der Waals surface area contributed by atoms with Gasteiger partial charge in [0.05, 0.1) is 12.7 Å². The zero-order valence-corrected chi connectivity index (χ0v) is 13.0. The minimum Gasteiger partial charge on any atom is -0.465 e. The lowest BCUT2D eigenvalue weighted by molar-refractivity contribution is 0.0599. The van der Waals surface area contributed by atoms with Crippen molar-refractivity contribution in [1.82, 2.24) is 9.88 Å². The van der Waals surface area contributed by atoms with Gasteiger partial charge in [0.2, 0.25) is 0 Å². The van der Waals surface area contributed by atoms with Crippen molar-refractivity contribution in [1.29, 1.82) is 0 Å². The normalized spacial score (nSPS) is 10.1. The third-order valence-corrected chi connectivity index (χ3v) is 3.29. The SMILES string of the molecule is COC(=O)c1ccc(C(=O)N(C)Cc2cccc(Cl)c2)nc1. The molecule has 0 aliphatic rings. The van der Waals surface area contributed by atoms with Crippen molar-refractivity contribution >= 4 is 23.5 Å². The molecule has 2 aromatic rings. The summed E-state index contributed by atoms with van der Waals surface area (Å²) in [5, 5.41) is 0.624. The number of rotatable bonds is 4. The Kier molecular flexibility index (Phi) is 5.12. The van der Waals surface area contributed by atoms with Crippen molar-refractivity contribution < 1.29 is 14.3 Å². The van der Waals surface area contributed by atoms with E-state index in [2.05, 4.69) is 9.72 Å². The van der Waals surface area contributed by atoms with Crippen LogP contribution in [0, 0.1) is 0 Å². The summed E-state index contributed by atoms with van der Waals surface area (Å²) in [6, 6.07) is 10.3. The van der Waals surface area contributed by atoms with Crippen LogP contribution in [-0.4, -0.2) is 35.9 Å². The van der Waals surface area contributed by atoms with E-state index in [-0.39, 0.29) is 11.6 Å². The molecule has 22 heavy (non-hydrogen) atoms. The summed E-state index contributed by atoms with van der Waals surface area (Å²) in [6.07, 6.45) is 1.33. The van der Waals surface area contributed by atoms with E-state index in [9.17, 15) is 9.59 Å². The number of halogens is 1. The number of nitrogens with zero attached hydrogens (tertiary/aromatic N) is 2. The van der Waals surface area contributed by atoms with E-state index in [4.69, 9.17) is 11.6 Å². The van der Waals surface area contributed by atoms with Crippen LogP contribution in [0.1, 0.15) is 26.4 Å². The molecule has 0 atom stereocenters. The first kappa shape index (κ1) is 16.0. The van der Waals surface area contributed by atoms with Gasteiger partial charge in [0.15, 0.2) is 0 Å². The summed E-state index contributed by atoms with van der Waals surface area (Å²) in [5.41, 5.74) is 1.49. The molecule has 0 aliphatic heterocycles. The summed E-state index contributed by atoms with van der Waals surface area (Å²) in [5.74, 6) is -0.727. The Morgan fingerprint density at radius 1 is 1.27 bits per heavy atom. The van der Waals surface area contributed by atoms with E-state index in [0.29, 0.717) is 17.1 Å². The number of methoxy groups -OCH3 is 1. The molecule has 0 unspecified atom stereocenters. The van der Waals surface area contributed by atoms with Crippen LogP contribution in [0.4, 0.5) is 0 Å². The van der Waals surface area contributed by atoms with Crippen molar-refractivity contribution in [3.63, 3.8) is 0 Å². The largest absolute Gasteiger partial charge is 0.465 e. The van der Waals surface area contributed by atoms with Gasteiger partial charge in [0, 0.05) is 24.8 Å². The second-order valence-corrected chi connectivity index (χ2v) is 5.15. The molecule has 114 valence electrons. The van der Waals surface area contributed by atoms with Crippen LogP contribution in [0.5, 0.6) is 0 Å². The highest BCUT2D eigenvalue weighted by Gasteiger charge is 2.15. The van der Waals surface area contributed by atoms with Crippen LogP contribution >= 0.6 is 11.6 Å². The highest BCUT2D eigenvalue weighted by molar-refractivity contribution is 6.30. The first-order chi connectivity index (χ1) is 10.5. The van der Waals surface area contributed by atoms with E-state index in [1.54, 1.807) is 19.2 Å². The maximum Gasteiger partial charge on any atom is 0.339 e. The molecule has 1 amide bonds. The average Bonchev–Trinajstić information content (AvgIpc) is 2.53. The fourth-order valence-electron chi connectivity index (χ4n) is 1.94. The number of carbonyl (C=O) groups is 2. The lowest BCUT2D eigenvalue weighted by Crippen LogP contribution is -2.27. The second-order valence-electron chi connectivity index (χ2n) is 4.71. The van der Waals surface area contributed by atoms with E-state index < -0.39 is 5.97 Å². The Labute approximate surface area is 133 Å². The highest BCUT2D eigenvalue weighted by Crippen LogP contribution is 2.13. The lowest BCUT2D eigenvalue weighted by atomic mass is 10.2. The number of esters is 1. The van der Waals surface area contributed by atoms with Crippen LogP contribution in [0.25, 0.3) is 0 Å². The minimum atomic E-state index is -0.487. The van der Waals surface area contributed by atoms with Gasteiger partial charge in [-0.15, -0.1) is 0 Å². The number of benzene rings is 1. The van der Waals surface area contributed by atoms with Crippen LogP contribution in [0.15, 0.2) is 42.6 Å². The van der Waals surface area contributed by atoms with E-state index in [0.717, 1.165) is 5.56 Å². The first-order valence-corrected chi connectivity index (χ1v) is 6.93. The summed E-state index contributed by atoms with van der Waals surface area (Å²) < 4.78 is 4.59. The van der Waals surface area contributed by atoms with Gasteiger partial charge >= 0.3 is 5.97 Å². The maximum atomic E-state index is 12.3. The third kappa shape index (κ3) is 3.83. The Morgan fingerprint density at radius 3 is 2.64 bits per heavy atom. The first-order valence-electron chi connectivity index (χ1n) is 6.55. The molecule has 0 fully saturated rings. The van der Waals surface area contributed by atoms with E-state index in [1.807, 2.05) is 12.1 Å². The maximum absolute atomic E-state index is 12.3. The Hall–Kier alpha value is -2.40. The van der Waals surface area contributed by atoms with E-state index in [1.165, 1.54) is 30.3 Å². The van der Waals surface area contributed by atoms with Gasteiger partial charge in [-0.05, 0) is 29.8 Å². The number of hydrogen-bond acceptors (Lipinski definition) is 4. The molecule has 0 aliphatic carbocycles. The minimum absolute atomic E-state index is 0.239. The summed E-state index contributed by atoms with van der Waals surface area (Å²) in [6.45, 7) is 0.416. The van der Waals surface area contributed by atoms with Crippen molar-refractivity contribution in [2.75, 3.05) is 14.2 Å². The standard InChI is InChI=1S/C16H15ClN2O3/c1-19(10-11-4-3-5-13(17)8-11)15(20)14-7-6-12(9-18-14)16(21)22-2/h3-9H,10H2,1-2H3. The molecule has 0 saturated heterocycles. The number of aromatic nitrogens is 1. The molecule has 1 aromatic heterocycles. The zero-order chi connectivity index (χ0) is 16.1. The molecule has 1 aromatic carbocycles. The van der Waals surface area contributed by atoms with Crippen molar-refractivity contribution in [2.24, 2.45) is 0 Å². The monoisotopic (exact) mass is 318 g/mol. The molecule has 0 radical (unpaired) electrons. The quantitative estimate of drug-likeness (QED) is 0.813. The second kappa shape index (κ2) is 7.04. The Morgan fingerprint density at radius 2 is 2.05 bits per heavy atom. The lowest BCUT2D eigenvalue weighted by Gasteiger charge is -2.17.